The molecule has 0 spiro atoms. The molecular weight excluding hydrogens is 276 g/mol. The van der Waals surface area contributed by atoms with Gasteiger partial charge in [-0.05, 0) is 24.3 Å². The summed E-state index contributed by atoms with van der Waals surface area (Å²) in [4.78, 5) is 33.4. The molecular formula is C13H12N4O4. The first-order valence-corrected chi connectivity index (χ1v) is 5.71. The summed E-state index contributed by atoms with van der Waals surface area (Å²) in [5.41, 5.74) is 0.170. The van der Waals surface area contributed by atoms with Crippen LogP contribution in [-0.4, -0.2) is 23.0 Å². The summed E-state index contributed by atoms with van der Waals surface area (Å²) < 4.78 is 0. The number of imide groups is 2. The van der Waals surface area contributed by atoms with E-state index in [9.17, 15) is 14.4 Å². The summed E-state index contributed by atoms with van der Waals surface area (Å²) in [6.07, 6.45) is 1.10. The van der Waals surface area contributed by atoms with Gasteiger partial charge in [0.15, 0.2) is 0 Å². The average Bonchev–Trinajstić information content (AvgIpc) is 2.40. The molecule has 4 amide bonds. The molecule has 0 bridgehead atoms. The van der Waals surface area contributed by atoms with Crippen LogP contribution in [0.25, 0.3) is 0 Å². The fourth-order valence-electron chi connectivity index (χ4n) is 1.22. The van der Waals surface area contributed by atoms with E-state index in [4.69, 9.17) is 10.4 Å². The van der Waals surface area contributed by atoms with E-state index in [1.807, 2.05) is 10.6 Å². The highest BCUT2D eigenvalue weighted by molar-refractivity contribution is 6.09. The number of nitriles is 1. The third kappa shape index (κ3) is 5.44. The molecule has 1 rings (SSSR count). The Kier molecular flexibility index (Phi) is 5.46. The molecule has 0 fully saturated rings. The maximum Gasteiger partial charge on any atom is 0.328 e. The Bertz CT molecular complexity index is 629. The second kappa shape index (κ2) is 7.30. The predicted octanol–water partition coefficient (Wildman–Crippen LogP) is 0.584. The third-order valence-corrected chi connectivity index (χ3v) is 2.13. The molecule has 0 heterocycles. The van der Waals surface area contributed by atoms with Gasteiger partial charge in [0, 0.05) is 18.8 Å². The minimum absolute atomic E-state index is 0.0729. The molecule has 0 atom stereocenters. The molecule has 0 aromatic heterocycles. The van der Waals surface area contributed by atoms with Gasteiger partial charge in [0.25, 0.3) is 5.91 Å². The summed E-state index contributed by atoms with van der Waals surface area (Å²) in [5, 5.41) is 24.3. The zero-order chi connectivity index (χ0) is 15.8. The molecule has 0 saturated carbocycles. The number of carbonyl (C=O) groups is 3. The highest BCUT2D eigenvalue weighted by Gasteiger charge is 2.13. The first-order valence-electron chi connectivity index (χ1n) is 5.71. The van der Waals surface area contributed by atoms with Crippen molar-refractivity contribution < 1.29 is 19.5 Å². The van der Waals surface area contributed by atoms with Crippen LogP contribution in [0.5, 0.6) is 5.75 Å². The number of phenols is 1. The Morgan fingerprint density at radius 1 is 1.19 bits per heavy atom. The number of amides is 4. The minimum Gasteiger partial charge on any atom is -0.508 e. The monoisotopic (exact) mass is 288 g/mol. The molecule has 0 radical (unpaired) electrons. The van der Waals surface area contributed by atoms with E-state index in [0.29, 0.717) is 5.69 Å². The number of anilines is 1. The van der Waals surface area contributed by atoms with Gasteiger partial charge in [-0.3, -0.25) is 20.2 Å². The summed E-state index contributed by atoms with van der Waals surface area (Å²) in [5.74, 6) is -1.52. The van der Waals surface area contributed by atoms with Crippen molar-refractivity contribution in [3.8, 4) is 11.8 Å². The molecule has 4 N–H and O–H groups in total. The van der Waals surface area contributed by atoms with Crippen molar-refractivity contribution >= 4 is 23.5 Å². The summed E-state index contributed by atoms with van der Waals surface area (Å²) in [6, 6.07) is 6.50. The van der Waals surface area contributed by atoms with Crippen LogP contribution in [0.1, 0.15) is 6.92 Å². The van der Waals surface area contributed by atoms with Crippen LogP contribution in [0, 0.1) is 11.3 Å². The van der Waals surface area contributed by atoms with Crippen LogP contribution in [0.2, 0.25) is 0 Å². The van der Waals surface area contributed by atoms with E-state index in [1.54, 1.807) is 6.07 Å². The van der Waals surface area contributed by atoms with Crippen molar-refractivity contribution in [2.45, 2.75) is 6.92 Å². The predicted molar refractivity (Wildman–Crippen MR) is 72.8 cm³/mol. The zero-order valence-electron chi connectivity index (χ0n) is 11.0. The van der Waals surface area contributed by atoms with E-state index in [2.05, 4.69) is 5.32 Å². The number of aromatic hydroxyl groups is 1. The van der Waals surface area contributed by atoms with Crippen LogP contribution in [0.4, 0.5) is 10.5 Å². The van der Waals surface area contributed by atoms with Gasteiger partial charge < -0.3 is 10.4 Å². The molecule has 1 aromatic rings. The van der Waals surface area contributed by atoms with Gasteiger partial charge in [0.2, 0.25) is 5.91 Å². The molecule has 0 aliphatic carbocycles. The Morgan fingerprint density at radius 3 is 2.33 bits per heavy atom. The van der Waals surface area contributed by atoms with Crippen molar-refractivity contribution in [2.24, 2.45) is 0 Å². The summed E-state index contributed by atoms with van der Waals surface area (Å²) in [7, 11) is 0. The number of urea groups is 1. The summed E-state index contributed by atoms with van der Waals surface area (Å²) >= 11 is 0. The quantitative estimate of drug-likeness (QED) is 0.365. The van der Waals surface area contributed by atoms with Crippen molar-refractivity contribution in [1.82, 2.24) is 10.6 Å². The lowest BCUT2D eigenvalue weighted by molar-refractivity contribution is -0.118. The Labute approximate surface area is 120 Å². The van der Waals surface area contributed by atoms with Crippen molar-refractivity contribution in [2.75, 3.05) is 5.32 Å². The highest BCUT2D eigenvalue weighted by atomic mass is 16.3. The van der Waals surface area contributed by atoms with Gasteiger partial charge in [-0.2, -0.15) is 5.26 Å². The first kappa shape index (κ1) is 15.7. The number of carbonyl (C=O) groups excluding carboxylic acids is 3. The average molecular weight is 288 g/mol. The lowest BCUT2D eigenvalue weighted by Crippen LogP contribution is -2.42. The molecule has 21 heavy (non-hydrogen) atoms. The maximum absolute atomic E-state index is 11.6. The van der Waals surface area contributed by atoms with Gasteiger partial charge in [-0.1, -0.05) is 0 Å². The number of benzene rings is 1. The number of hydrogen-bond acceptors (Lipinski definition) is 6. The van der Waals surface area contributed by atoms with Crippen LogP contribution in [0.15, 0.2) is 36.0 Å². The largest absolute Gasteiger partial charge is 0.508 e. The highest BCUT2D eigenvalue weighted by Crippen LogP contribution is 2.13. The number of rotatable bonds is 3. The molecule has 8 heteroatoms. The fourth-order valence-corrected chi connectivity index (χ4v) is 1.22. The maximum atomic E-state index is 11.6. The molecule has 8 nitrogen and oxygen atoms in total. The normalized spacial score (nSPS) is 10.2. The van der Waals surface area contributed by atoms with Gasteiger partial charge in [0.1, 0.15) is 17.4 Å². The van der Waals surface area contributed by atoms with Gasteiger partial charge in [-0.15, -0.1) is 0 Å². The lowest BCUT2D eigenvalue weighted by Gasteiger charge is -2.04. The van der Waals surface area contributed by atoms with Crippen molar-refractivity contribution in [3.63, 3.8) is 0 Å². The summed E-state index contributed by atoms with van der Waals surface area (Å²) in [6.45, 7) is 1.11. The fraction of sp³-hybridized carbons (Fsp3) is 0.0769. The van der Waals surface area contributed by atoms with E-state index in [1.165, 1.54) is 24.3 Å². The van der Waals surface area contributed by atoms with E-state index >= 15 is 0 Å². The minimum atomic E-state index is -1.02. The van der Waals surface area contributed by atoms with Gasteiger partial charge in [-0.25, -0.2) is 4.79 Å². The molecule has 0 aliphatic heterocycles. The Morgan fingerprint density at radius 2 is 1.81 bits per heavy atom. The second-order valence-corrected chi connectivity index (χ2v) is 3.83. The zero-order valence-corrected chi connectivity index (χ0v) is 11.0. The molecule has 1 aromatic carbocycles. The molecule has 0 saturated heterocycles. The van der Waals surface area contributed by atoms with Gasteiger partial charge in [0.05, 0.1) is 0 Å². The van der Waals surface area contributed by atoms with E-state index in [0.717, 1.165) is 13.1 Å². The van der Waals surface area contributed by atoms with Crippen molar-refractivity contribution in [3.05, 3.63) is 36.0 Å². The SMILES string of the molecule is CC(=O)NC(=O)NC(=O)C(C#N)=CNc1ccc(O)cc1. The lowest BCUT2D eigenvalue weighted by atomic mass is 10.2. The number of nitrogens with one attached hydrogen (secondary N) is 3. The number of nitrogens with zero attached hydrogens (tertiary/aromatic N) is 1. The van der Waals surface area contributed by atoms with Crippen LogP contribution < -0.4 is 16.0 Å². The van der Waals surface area contributed by atoms with Crippen LogP contribution in [0.3, 0.4) is 0 Å². The molecule has 108 valence electrons. The smallest absolute Gasteiger partial charge is 0.328 e. The Balaban J connectivity index is 2.69. The van der Waals surface area contributed by atoms with E-state index < -0.39 is 17.8 Å². The molecule has 0 aliphatic rings. The topological polar surface area (TPSA) is 131 Å². The second-order valence-electron chi connectivity index (χ2n) is 3.83. The van der Waals surface area contributed by atoms with Crippen LogP contribution >= 0.6 is 0 Å². The van der Waals surface area contributed by atoms with Gasteiger partial charge >= 0.3 is 6.03 Å². The molecule has 0 unspecified atom stereocenters. The first-order chi connectivity index (χ1) is 9.92. The van der Waals surface area contributed by atoms with Crippen molar-refractivity contribution in [1.29, 1.82) is 5.26 Å². The number of phenolic OH excluding ortho intramolecular Hbond substituents is 1. The standard InChI is InChI=1S/C13H12N4O4/c1-8(18)16-13(21)17-12(20)9(6-14)7-15-10-2-4-11(19)5-3-10/h2-5,7,15,19H,1H3,(H2,16,17,18,20,21). The number of hydrogen-bond donors (Lipinski definition) is 4. The van der Waals surface area contributed by atoms with Crippen LogP contribution in [-0.2, 0) is 9.59 Å². The third-order valence-electron chi connectivity index (χ3n) is 2.13. The Hall–Kier alpha value is -3.34. The van der Waals surface area contributed by atoms with E-state index in [-0.39, 0.29) is 11.3 Å².